The van der Waals surface area contributed by atoms with Crippen LogP contribution in [0.25, 0.3) is 21.5 Å². The summed E-state index contributed by atoms with van der Waals surface area (Å²) in [6, 6.07) is 19.1. The lowest BCUT2D eigenvalue weighted by Gasteiger charge is -2.07. The van der Waals surface area contributed by atoms with Gasteiger partial charge in [-0.05, 0) is 46.5 Å². The summed E-state index contributed by atoms with van der Waals surface area (Å²) in [5.41, 5.74) is 3.33. The first kappa shape index (κ1) is 14.6. The second-order valence-electron chi connectivity index (χ2n) is 5.99. The van der Waals surface area contributed by atoms with Gasteiger partial charge in [-0.15, -0.1) is 0 Å². The van der Waals surface area contributed by atoms with E-state index < -0.39 is 0 Å². The van der Waals surface area contributed by atoms with Gasteiger partial charge >= 0.3 is 0 Å². The summed E-state index contributed by atoms with van der Waals surface area (Å²) in [6.45, 7) is 2.01. The fourth-order valence-corrected chi connectivity index (χ4v) is 3.14. The van der Waals surface area contributed by atoms with Gasteiger partial charge in [-0.2, -0.15) is 10.2 Å². The summed E-state index contributed by atoms with van der Waals surface area (Å²) in [6.07, 6.45) is 9.13. The van der Waals surface area contributed by atoms with Gasteiger partial charge in [-0.1, -0.05) is 66.8 Å². The summed E-state index contributed by atoms with van der Waals surface area (Å²) < 4.78 is 0. The molecule has 0 amide bonds. The molecule has 0 N–H and O–H groups in total. The lowest BCUT2D eigenvalue weighted by atomic mass is 9.97. The van der Waals surface area contributed by atoms with Crippen molar-refractivity contribution in [3.63, 3.8) is 0 Å². The fourth-order valence-electron chi connectivity index (χ4n) is 3.14. The van der Waals surface area contributed by atoms with Crippen LogP contribution >= 0.6 is 0 Å². The van der Waals surface area contributed by atoms with E-state index in [0.29, 0.717) is 0 Å². The van der Waals surface area contributed by atoms with Crippen molar-refractivity contribution in [1.82, 2.24) is 0 Å². The Bertz CT molecular complexity index is 982. The van der Waals surface area contributed by atoms with Gasteiger partial charge in [-0.25, -0.2) is 0 Å². The number of benzene rings is 3. The van der Waals surface area contributed by atoms with Crippen molar-refractivity contribution in [2.45, 2.75) is 13.3 Å². The Balaban J connectivity index is 1.82. The van der Waals surface area contributed by atoms with Crippen molar-refractivity contribution in [3.8, 4) is 0 Å². The van der Waals surface area contributed by atoms with E-state index in [-0.39, 0.29) is 0 Å². The number of rotatable bonds is 3. The summed E-state index contributed by atoms with van der Waals surface area (Å²) >= 11 is 0. The second-order valence-corrected chi connectivity index (χ2v) is 5.99. The first-order valence-electron chi connectivity index (χ1n) is 8.17. The average molecular weight is 310 g/mol. The third-order valence-corrected chi connectivity index (χ3v) is 4.44. The summed E-state index contributed by atoms with van der Waals surface area (Å²) in [7, 11) is 0. The third kappa shape index (κ3) is 2.67. The van der Waals surface area contributed by atoms with Gasteiger partial charge in [0.1, 0.15) is 0 Å². The molecule has 0 spiro atoms. The van der Waals surface area contributed by atoms with Crippen molar-refractivity contribution < 1.29 is 0 Å². The normalized spacial score (nSPS) is 14.9. The van der Waals surface area contributed by atoms with E-state index >= 15 is 0 Å². The molecule has 0 aromatic heterocycles. The maximum Gasteiger partial charge on any atom is 0.0634 e. The molecule has 0 aliphatic heterocycles. The number of hydrogen-bond acceptors (Lipinski definition) is 2. The van der Waals surface area contributed by atoms with Crippen molar-refractivity contribution in [1.29, 1.82) is 0 Å². The predicted molar refractivity (Wildman–Crippen MR) is 104 cm³/mol. The summed E-state index contributed by atoms with van der Waals surface area (Å²) in [4.78, 5) is 0. The molecule has 1 aliphatic rings. The molecule has 0 saturated heterocycles. The number of allylic oxidation sites excluding steroid dienone is 4. The predicted octanol–water partition coefficient (Wildman–Crippen LogP) is 5.67. The molecule has 0 fully saturated rings. The number of hydrogen-bond donors (Lipinski definition) is 0. The van der Waals surface area contributed by atoms with Gasteiger partial charge in [0.15, 0.2) is 0 Å². The molecule has 0 radical (unpaired) electrons. The Morgan fingerprint density at radius 3 is 2.25 bits per heavy atom. The topological polar surface area (TPSA) is 24.7 Å². The monoisotopic (exact) mass is 310 g/mol. The fraction of sp³-hybridized carbons (Fsp3) is 0.0909. The Morgan fingerprint density at radius 2 is 1.62 bits per heavy atom. The van der Waals surface area contributed by atoms with Crippen LogP contribution in [0.15, 0.2) is 88.6 Å². The zero-order valence-corrected chi connectivity index (χ0v) is 13.6. The van der Waals surface area contributed by atoms with E-state index in [1.54, 1.807) is 0 Å². The number of fused-ring (bicyclic) bond motifs is 2. The van der Waals surface area contributed by atoms with Gasteiger partial charge in [0, 0.05) is 5.56 Å². The maximum absolute atomic E-state index is 4.39. The largest absolute Gasteiger partial charge is 0.158 e. The molecule has 2 nitrogen and oxygen atoms in total. The zero-order valence-electron chi connectivity index (χ0n) is 13.6. The second kappa shape index (κ2) is 6.25. The zero-order chi connectivity index (χ0) is 16.4. The van der Waals surface area contributed by atoms with Gasteiger partial charge in [0.25, 0.3) is 0 Å². The molecule has 0 unspecified atom stereocenters. The standard InChI is InChI=1S/C22H18N2/c1-16(17-8-2-3-9-17)24-23-15-22-20-12-6-4-10-18(20)14-19-11-5-7-13-21(19)22/h2-8,10-15H,9H2,1H3/b23-15+,24-16-. The van der Waals surface area contributed by atoms with E-state index in [1.165, 1.54) is 27.1 Å². The van der Waals surface area contributed by atoms with Gasteiger partial charge in [-0.3, -0.25) is 0 Å². The highest BCUT2D eigenvalue weighted by Gasteiger charge is 2.06. The first-order chi connectivity index (χ1) is 11.8. The molecule has 0 heterocycles. The smallest absolute Gasteiger partial charge is 0.0634 e. The van der Waals surface area contributed by atoms with E-state index in [0.717, 1.165) is 17.7 Å². The molecular weight excluding hydrogens is 292 g/mol. The molecule has 3 aromatic rings. The van der Waals surface area contributed by atoms with Crippen LogP contribution in [0.4, 0.5) is 0 Å². The Hall–Kier alpha value is -3.00. The third-order valence-electron chi connectivity index (χ3n) is 4.44. The summed E-state index contributed by atoms with van der Waals surface area (Å²) in [5.74, 6) is 0. The van der Waals surface area contributed by atoms with Crippen molar-refractivity contribution >= 4 is 33.5 Å². The minimum Gasteiger partial charge on any atom is -0.158 e. The lowest BCUT2D eigenvalue weighted by molar-refractivity contribution is 1.22. The maximum atomic E-state index is 4.39. The summed E-state index contributed by atoms with van der Waals surface area (Å²) in [5, 5.41) is 13.6. The quantitative estimate of drug-likeness (QED) is 0.338. The molecule has 0 bridgehead atoms. The lowest BCUT2D eigenvalue weighted by Crippen LogP contribution is -1.94. The Kier molecular flexibility index (Phi) is 3.80. The first-order valence-corrected chi connectivity index (χ1v) is 8.17. The van der Waals surface area contributed by atoms with Crippen LogP contribution in [0.5, 0.6) is 0 Å². The molecule has 0 saturated carbocycles. The van der Waals surface area contributed by atoms with E-state index in [4.69, 9.17) is 0 Å². The van der Waals surface area contributed by atoms with Crippen LogP contribution in [0, 0.1) is 0 Å². The van der Waals surface area contributed by atoms with Crippen molar-refractivity contribution in [2.75, 3.05) is 0 Å². The molecule has 24 heavy (non-hydrogen) atoms. The minimum absolute atomic E-state index is 0.946. The van der Waals surface area contributed by atoms with Gasteiger partial charge in [0.05, 0.1) is 11.9 Å². The van der Waals surface area contributed by atoms with Crippen molar-refractivity contribution in [2.24, 2.45) is 10.2 Å². The minimum atomic E-state index is 0.946. The van der Waals surface area contributed by atoms with Gasteiger partial charge < -0.3 is 0 Å². The number of nitrogens with zero attached hydrogens (tertiary/aromatic N) is 2. The highest BCUT2D eigenvalue weighted by Crippen LogP contribution is 2.27. The van der Waals surface area contributed by atoms with Crippen LogP contribution in [-0.4, -0.2) is 11.9 Å². The van der Waals surface area contributed by atoms with Crippen LogP contribution in [-0.2, 0) is 0 Å². The van der Waals surface area contributed by atoms with Gasteiger partial charge in [0.2, 0.25) is 0 Å². The molecule has 116 valence electrons. The SMILES string of the molecule is C/C(=N/N=C/c1c2ccccc2cc2ccccc12)C1=CC=CC1. The Labute approximate surface area is 141 Å². The van der Waals surface area contributed by atoms with Crippen LogP contribution < -0.4 is 0 Å². The molecule has 1 aliphatic carbocycles. The van der Waals surface area contributed by atoms with E-state index in [9.17, 15) is 0 Å². The van der Waals surface area contributed by atoms with Crippen LogP contribution in [0.3, 0.4) is 0 Å². The Morgan fingerprint density at radius 1 is 0.958 bits per heavy atom. The molecule has 4 rings (SSSR count). The molecule has 2 heteroatoms. The van der Waals surface area contributed by atoms with Crippen molar-refractivity contribution in [3.05, 3.63) is 84.0 Å². The van der Waals surface area contributed by atoms with E-state index in [1.807, 2.05) is 13.1 Å². The van der Waals surface area contributed by atoms with E-state index in [2.05, 4.69) is 83.0 Å². The molecular formula is C22H18N2. The molecule has 0 atom stereocenters. The highest BCUT2D eigenvalue weighted by atomic mass is 15.2. The average Bonchev–Trinajstić information content (AvgIpc) is 3.16. The highest BCUT2D eigenvalue weighted by molar-refractivity contribution is 6.13. The van der Waals surface area contributed by atoms with Crippen LogP contribution in [0.2, 0.25) is 0 Å². The molecule has 3 aromatic carbocycles. The van der Waals surface area contributed by atoms with Crippen LogP contribution in [0.1, 0.15) is 18.9 Å².